The average Bonchev–Trinajstić information content (AvgIpc) is 2.82. The van der Waals surface area contributed by atoms with Crippen molar-refractivity contribution in [3.63, 3.8) is 0 Å². The molecular formula is C13H19BrN2O2S. The molecule has 1 amide bonds. The number of amides is 1. The summed E-state index contributed by atoms with van der Waals surface area (Å²) in [7, 11) is 1.82. The van der Waals surface area contributed by atoms with Crippen LogP contribution in [0.4, 0.5) is 0 Å². The maximum atomic E-state index is 12.0. The standard InChI is InChI=1S/C13H19BrN2O2S/c1-16(7-10-6-12(14)19-9-10)13(17)8-18-11-2-4-15-5-3-11/h6,9,11,15H,2-5,7-8H2,1H3. The number of carbonyl (C=O) groups is 1. The second kappa shape index (κ2) is 7.38. The molecule has 0 atom stereocenters. The number of nitrogens with zero attached hydrogens (tertiary/aromatic N) is 1. The molecule has 0 radical (unpaired) electrons. The highest BCUT2D eigenvalue weighted by Gasteiger charge is 2.16. The van der Waals surface area contributed by atoms with Gasteiger partial charge < -0.3 is 15.0 Å². The van der Waals surface area contributed by atoms with Crippen LogP contribution in [-0.2, 0) is 16.1 Å². The number of hydrogen-bond acceptors (Lipinski definition) is 4. The van der Waals surface area contributed by atoms with Gasteiger partial charge in [-0.05, 0) is 58.9 Å². The molecule has 1 aromatic rings. The summed E-state index contributed by atoms with van der Waals surface area (Å²) in [5.74, 6) is 0.0425. The topological polar surface area (TPSA) is 41.6 Å². The molecular weight excluding hydrogens is 328 g/mol. The second-order valence-electron chi connectivity index (χ2n) is 4.77. The first kappa shape index (κ1) is 15.0. The number of carbonyl (C=O) groups excluding carboxylic acids is 1. The van der Waals surface area contributed by atoms with Gasteiger partial charge in [-0.25, -0.2) is 0 Å². The highest BCUT2D eigenvalue weighted by Crippen LogP contribution is 2.21. The van der Waals surface area contributed by atoms with Crippen LogP contribution in [0.15, 0.2) is 15.2 Å². The smallest absolute Gasteiger partial charge is 0.248 e. The predicted molar refractivity (Wildman–Crippen MR) is 80.3 cm³/mol. The zero-order valence-electron chi connectivity index (χ0n) is 11.0. The minimum absolute atomic E-state index is 0.0425. The van der Waals surface area contributed by atoms with Crippen molar-refractivity contribution >= 4 is 33.2 Å². The Labute approximate surface area is 126 Å². The molecule has 0 unspecified atom stereocenters. The van der Waals surface area contributed by atoms with E-state index in [1.165, 1.54) is 0 Å². The van der Waals surface area contributed by atoms with Gasteiger partial charge in [0.05, 0.1) is 9.89 Å². The second-order valence-corrected chi connectivity index (χ2v) is 7.06. The molecule has 1 aliphatic rings. The maximum Gasteiger partial charge on any atom is 0.248 e. The van der Waals surface area contributed by atoms with Crippen molar-refractivity contribution in [1.29, 1.82) is 0 Å². The molecule has 0 aromatic carbocycles. The zero-order valence-corrected chi connectivity index (χ0v) is 13.4. The van der Waals surface area contributed by atoms with Gasteiger partial charge in [-0.3, -0.25) is 4.79 Å². The van der Waals surface area contributed by atoms with Gasteiger partial charge in [-0.15, -0.1) is 11.3 Å². The molecule has 6 heteroatoms. The van der Waals surface area contributed by atoms with E-state index in [-0.39, 0.29) is 18.6 Å². The van der Waals surface area contributed by atoms with E-state index in [1.807, 2.05) is 13.1 Å². The summed E-state index contributed by atoms with van der Waals surface area (Å²) in [6.45, 7) is 2.79. The van der Waals surface area contributed by atoms with E-state index in [2.05, 4.69) is 26.6 Å². The van der Waals surface area contributed by atoms with Crippen LogP contribution >= 0.6 is 27.3 Å². The van der Waals surface area contributed by atoms with Gasteiger partial charge in [0.2, 0.25) is 5.91 Å². The first-order chi connectivity index (χ1) is 9.15. The summed E-state index contributed by atoms with van der Waals surface area (Å²) in [6.07, 6.45) is 2.22. The first-order valence-electron chi connectivity index (χ1n) is 6.44. The lowest BCUT2D eigenvalue weighted by molar-refractivity contribution is -0.137. The normalized spacial score (nSPS) is 16.5. The molecule has 1 aromatic heterocycles. The fourth-order valence-corrected chi connectivity index (χ4v) is 3.25. The van der Waals surface area contributed by atoms with Crippen molar-refractivity contribution in [3.05, 3.63) is 20.8 Å². The summed E-state index contributed by atoms with van der Waals surface area (Å²) < 4.78 is 6.76. The Bertz CT molecular complexity index is 419. The van der Waals surface area contributed by atoms with E-state index < -0.39 is 0 Å². The molecule has 0 spiro atoms. The van der Waals surface area contributed by atoms with Crippen LogP contribution in [0.5, 0.6) is 0 Å². The third-order valence-electron chi connectivity index (χ3n) is 3.20. The molecule has 1 saturated heterocycles. The molecule has 19 heavy (non-hydrogen) atoms. The highest BCUT2D eigenvalue weighted by atomic mass is 79.9. The van der Waals surface area contributed by atoms with Gasteiger partial charge in [0, 0.05) is 13.6 Å². The monoisotopic (exact) mass is 346 g/mol. The number of nitrogens with one attached hydrogen (secondary N) is 1. The number of piperidine rings is 1. The molecule has 0 bridgehead atoms. The predicted octanol–water partition coefficient (Wildman–Crippen LogP) is 2.24. The molecule has 2 rings (SSSR count). The van der Waals surface area contributed by atoms with Crippen LogP contribution in [-0.4, -0.2) is 43.7 Å². The lowest BCUT2D eigenvalue weighted by Gasteiger charge is -2.24. The molecule has 1 fully saturated rings. The van der Waals surface area contributed by atoms with Crippen LogP contribution in [0.3, 0.4) is 0 Å². The van der Waals surface area contributed by atoms with Gasteiger partial charge in [0.25, 0.3) is 0 Å². The maximum absolute atomic E-state index is 12.0. The van der Waals surface area contributed by atoms with E-state index in [1.54, 1.807) is 16.2 Å². The summed E-state index contributed by atoms with van der Waals surface area (Å²) in [5.41, 5.74) is 1.15. The minimum atomic E-state index is 0.0425. The molecule has 106 valence electrons. The lowest BCUT2D eigenvalue weighted by Crippen LogP contribution is -2.36. The Hall–Kier alpha value is -0.430. The Kier molecular flexibility index (Phi) is 5.81. The molecule has 2 heterocycles. The van der Waals surface area contributed by atoms with Gasteiger partial charge in [-0.2, -0.15) is 0 Å². The number of hydrogen-bond donors (Lipinski definition) is 1. The number of halogens is 1. The molecule has 1 N–H and O–H groups in total. The Morgan fingerprint density at radius 3 is 2.95 bits per heavy atom. The van der Waals surface area contributed by atoms with Gasteiger partial charge in [0.15, 0.2) is 0 Å². The number of ether oxygens (including phenoxy) is 1. The highest BCUT2D eigenvalue weighted by molar-refractivity contribution is 9.11. The zero-order chi connectivity index (χ0) is 13.7. The van der Waals surface area contributed by atoms with Crippen LogP contribution in [0.2, 0.25) is 0 Å². The third kappa shape index (κ3) is 4.87. The minimum Gasteiger partial charge on any atom is -0.368 e. The Morgan fingerprint density at radius 1 is 1.58 bits per heavy atom. The fourth-order valence-electron chi connectivity index (χ4n) is 2.05. The quantitative estimate of drug-likeness (QED) is 0.888. The van der Waals surface area contributed by atoms with Crippen molar-refractivity contribution in [2.75, 3.05) is 26.7 Å². The van der Waals surface area contributed by atoms with Crippen molar-refractivity contribution in [2.45, 2.75) is 25.5 Å². The van der Waals surface area contributed by atoms with Crippen molar-refractivity contribution < 1.29 is 9.53 Å². The van der Waals surface area contributed by atoms with Crippen molar-refractivity contribution in [3.8, 4) is 0 Å². The summed E-state index contributed by atoms with van der Waals surface area (Å²) in [6, 6.07) is 2.04. The summed E-state index contributed by atoms with van der Waals surface area (Å²) in [5, 5.41) is 5.34. The van der Waals surface area contributed by atoms with Gasteiger partial charge in [-0.1, -0.05) is 0 Å². The number of rotatable bonds is 5. The summed E-state index contributed by atoms with van der Waals surface area (Å²) >= 11 is 5.06. The van der Waals surface area contributed by atoms with E-state index >= 15 is 0 Å². The number of likely N-dealkylation sites (N-methyl/N-ethyl adjacent to an activating group) is 1. The van der Waals surface area contributed by atoms with E-state index in [0.717, 1.165) is 35.3 Å². The largest absolute Gasteiger partial charge is 0.368 e. The van der Waals surface area contributed by atoms with Gasteiger partial charge >= 0.3 is 0 Å². The van der Waals surface area contributed by atoms with E-state index in [4.69, 9.17) is 4.74 Å². The average molecular weight is 347 g/mol. The van der Waals surface area contributed by atoms with Crippen LogP contribution < -0.4 is 5.32 Å². The van der Waals surface area contributed by atoms with E-state index in [9.17, 15) is 4.79 Å². The van der Waals surface area contributed by atoms with Crippen molar-refractivity contribution in [2.24, 2.45) is 0 Å². The van der Waals surface area contributed by atoms with Gasteiger partial charge in [0.1, 0.15) is 6.61 Å². The van der Waals surface area contributed by atoms with Crippen molar-refractivity contribution in [1.82, 2.24) is 10.2 Å². The summed E-state index contributed by atoms with van der Waals surface area (Å²) in [4.78, 5) is 13.7. The van der Waals surface area contributed by atoms with Crippen LogP contribution in [0.25, 0.3) is 0 Å². The van der Waals surface area contributed by atoms with Crippen LogP contribution in [0.1, 0.15) is 18.4 Å². The Morgan fingerprint density at radius 2 is 2.32 bits per heavy atom. The lowest BCUT2D eigenvalue weighted by atomic mass is 10.1. The van der Waals surface area contributed by atoms with E-state index in [0.29, 0.717) is 6.54 Å². The fraction of sp³-hybridized carbons (Fsp3) is 0.615. The van der Waals surface area contributed by atoms with Crippen LogP contribution in [0, 0.1) is 0 Å². The molecule has 4 nitrogen and oxygen atoms in total. The molecule has 0 saturated carbocycles. The SMILES string of the molecule is CN(Cc1csc(Br)c1)C(=O)COC1CCNCC1. The first-order valence-corrected chi connectivity index (χ1v) is 8.11. The third-order valence-corrected chi connectivity index (χ3v) is 4.75. The molecule has 0 aliphatic carbocycles. The Balaban J connectivity index is 1.72. The molecule has 1 aliphatic heterocycles. The number of thiophene rings is 1.